The fourth-order valence-electron chi connectivity index (χ4n) is 12.8. The summed E-state index contributed by atoms with van der Waals surface area (Å²) in [5.41, 5.74) is 8.09. The maximum Gasteiger partial charge on any atom is 0.322 e. The van der Waals surface area contributed by atoms with Gasteiger partial charge < -0.3 is 139 Å². The highest BCUT2D eigenvalue weighted by Gasteiger charge is 2.52. The number of likely N-dealkylation sites (N-methyl/N-ethyl adjacent to an activating group) is 1. The van der Waals surface area contributed by atoms with Crippen molar-refractivity contribution in [3.8, 4) is 57.1 Å². The lowest BCUT2D eigenvalue weighted by Crippen LogP contribution is -2.63. The van der Waals surface area contributed by atoms with Crippen molar-refractivity contribution in [3.63, 3.8) is 0 Å². The molecule has 9 amide bonds. The number of rotatable bonds is 17. The monoisotopic (exact) mass is 1560 g/mol. The van der Waals surface area contributed by atoms with E-state index in [9.17, 15) is 79.8 Å². The van der Waals surface area contributed by atoms with Crippen molar-refractivity contribution in [1.82, 2.24) is 47.9 Å². The van der Waals surface area contributed by atoms with Gasteiger partial charge in [0, 0.05) is 35.1 Å². The van der Waals surface area contributed by atoms with Crippen molar-refractivity contribution >= 4 is 82.3 Å². The Labute approximate surface area is 629 Å². The van der Waals surface area contributed by atoms with E-state index in [1.165, 1.54) is 19.2 Å². The number of benzene rings is 5. The molecular weight excluding hydrogens is 1480 g/mol. The van der Waals surface area contributed by atoms with E-state index in [0.29, 0.717) is 0 Å². The number of carbonyl (C=O) groups is 10. The zero-order chi connectivity index (χ0) is 79.5. The summed E-state index contributed by atoms with van der Waals surface area (Å²) >= 11 is 14.2. The standard InChI is InChI=1S/C70H81Cl2N11O26/c1-25(2)12-36(75-5)61(96)82-53-55(92)28-7-10-40(34(71)14-28)104-42-16-30-17-43(59(42)109-69-60(58(95)57(94)44(24-84)106-69)107-48-21-70(4,74)26(3)68(103)108-48)105-41-11-8-29(15-35(41)72)56(93)54-67(102)81-52(63(98)77-22-46(89)76-23-47(90)91)33-18-31(85)19-39(87)49(33)32-13-27(6-9-38(32)86)50(64(99)83-54)80-65(100)51(30)79-62(97)37(20-45(73)88)78-66(53)101/h6-11,13-19,25-26,36-37,44,48,50-58,60,68-69,75,84-87,92-95,103H,12,20-24,74H2,1-5H3,(H2,73,88)(H,76,89)(H,77,98)(H,78,101)(H,79,97)(H,80,100)(H,81,102)(H,82,96)(H,83,99)(H,90,91)/t26-,36-,37+,44+,48-,50-,51-,52-,53-,54+,55-,56-,57+,58-,60+,68-,69-,70+/m1/s1. The van der Waals surface area contributed by atoms with E-state index in [-0.39, 0.29) is 40.7 Å². The molecule has 2 saturated heterocycles. The fourth-order valence-corrected chi connectivity index (χ4v) is 13.3. The molecule has 23 N–H and O–H groups in total. The van der Waals surface area contributed by atoms with Crippen LogP contribution in [0.5, 0.6) is 46.0 Å². The molecule has 0 radical (unpaired) electrons. The summed E-state index contributed by atoms with van der Waals surface area (Å²) in [6, 6.07) is -1.14. The summed E-state index contributed by atoms with van der Waals surface area (Å²) in [4.78, 5) is 143. The molecule has 11 bridgehead atoms. The Hall–Kier alpha value is -10.3. The van der Waals surface area contributed by atoms with Gasteiger partial charge in [0.15, 0.2) is 30.2 Å². The predicted molar refractivity (Wildman–Crippen MR) is 375 cm³/mol. The molecule has 5 aromatic carbocycles. The number of aromatic hydroxyl groups is 3. The second kappa shape index (κ2) is 33.7. The van der Waals surface area contributed by atoms with Crippen molar-refractivity contribution in [2.24, 2.45) is 23.3 Å². The first-order chi connectivity index (χ1) is 51.4. The van der Waals surface area contributed by atoms with Crippen LogP contribution in [-0.4, -0.2) is 210 Å². The van der Waals surface area contributed by atoms with E-state index in [0.717, 1.165) is 66.7 Å². The van der Waals surface area contributed by atoms with Crippen LogP contribution < -0.4 is 73.5 Å². The van der Waals surface area contributed by atoms with Gasteiger partial charge in [-0.3, -0.25) is 47.9 Å². The van der Waals surface area contributed by atoms with Crippen molar-refractivity contribution in [3.05, 3.63) is 117 Å². The van der Waals surface area contributed by atoms with Crippen molar-refractivity contribution in [1.29, 1.82) is 0 Å². The number of phenolic OH excluding ortho intramolecular Hbond substituents is 3. The molecule has 37 nitrogen and oxygen atoms in total. The third-order valence-electron chi connectivity index (χ3n) is 18.9. The maximum atomic E-state index is 16.2. The first kappa shape index (κ1) is 81.3. The normalized spacial score (nSPS) is 28.0. The van der Waals surface area contributed by atoms with Gasteiger partial charge in [-0.05, 0) is 109 Å². The topological polar surface area (TPSA) is 589 Å². The summed E-state index contributed by atoms with van der Waals surface area (Å²) in [7, 11) is 1.46. The summed E-state index contributed by atoms with van der Waals surface area (Å²) in [5, 5.41) is 135. The van der Waals surface area contributed by atoms with Crippen LogP contribution in [0.25, 0.3) is 11.1 Å². The Morgan fingerprint density at radius 2 is 1.31 bits per heavy atom. The highest BCUT2D eigenvalue weighted by molar-refractivity contribution is 6.32. The van der Waals surface area contributed by atoms with Crippen molar-refractivity contribution in [2.75, 3.05) is 26.7 Å². The Balaban J connectivity index is 1.23. The largest absolute Gasteiger partial charge is 0.508 e. The number of nitrogens with one attached hydrogen (secondary N) is 9. The van der Waals surface area contributed by atoms with E-state index in [4.69, 9.17) is 63.1 Å². The molecular formula is C70H81Cl2N11O26. The molecule has 39 heteroatoms. The van der Waals surface area contributed by atoms with Gasteiger partial charge in [0.1, 0.15) is 102 Å². The first-order valence-corrected chi connectivity index (χ1v) is 34.7. The Bertz CT molecular complexity index is 4380. The van der Waals surface area contributed by atoms with Gasteiger partial charge in [0.25, 0.3) is 0 Å². The number of carboxylic acid groups (broad SMARTS) is 1. The zero-order valence-corrected chi connectivity index (χ0v) is 60.1. The van der Waals surface area contributed by atoms with E-state index in [1.807, 2.05) is 5.32 Å². The van der Waals surface area contributed by atoms with Crippen LogP contribution in [0.15, 0.2) is 78.9 Å². The number of aliphatic hydroxyl groups excluding tert-OH is 6. The molecule has 0 unspecified atom stereocenters. The highest BCUT2D eigenvalue weighted by atomic mass is 35.5. The average molecular weight is 1560 g/mol. The minimum atomic E-state index is -2.39. The Kier molecular flexibility index (Phi) is 25.1. The molecule has 7 heterocycles. The highest BCUT2D eigenvalue weighted by Crippen LogP contribution is 2.50. The maximum absolute atomic E-state index is 16.2. The molecule has 586 valence electrons. The Morgan fingerprint density at radius 1 is 0.697 bits per heavy atom. The van der Waals surface area contributed by atoms with E-state index < -0.39 is 268 Å². The smallest absolute Gasteiger partial charge is 0.322 e. The Morgan fingerprint density at radius 3 is 1.91 bits per heavy atom. The molecule has 5 aromatic rings. The van der Waals surface area contributed by atoms with Gasteiger partial charge in [-0.15, -0.1) is 0 Å². The van der Waals surface area contributed by atoms with Crippen LogP contribution in [0.2, 0.25) is 10.0 Å². The molecule has 0 spiro atoms. The molecule has 12 rings (SSSR count). The molecule has 7 aliphatic heterocycles. The van der Waals surface area contributed by atoms with Crippen molar-refractivity contribution in [2.45, 2.75) is 150 Å². The number of carboxylic acids is 1. The van der Waals surface area contributed by atoms with Gasteiger partial charge in [0.05, 0.1) is 35.7 Å². The number of hydrogen-bond donors (Lipinski definition) is 21. The van der Waals surface area contributed by atoms with E-state index in [2.05, 4.69) is 42.5 Å². The third-order valence-corrected chi connectivity index (χ3v) is 19.5. The number of nitrogens with two attached hydrogens (primary N) is 2. The molecule has 109 heavy (non-hydrogen) atoms. The molecule has 2 fully saturated rings. The fraction of sp³-hybridized carbons (Fsp3) is 0.429. The number of halogens is 2. The second-order valence-electron chi connectivity index (χ2n) is 27.3. The second-order valence-corrected chi connectivity index (χ2v) is 28.1. The zero-order valence-electron chi connectivity index (χ0n) is 58.6. The number of carbonyl (C=O) groups excluding carboxylic acids is 9. The summed E-state index contributed by atoms with van der Waals surface area (Å²) in [6.07, 6.45) is -18.3. The van der Waals surface area contributed by atoms with Gasteiger partial charge in [0.2, 0.25) is 65.2 Å². The first-order valence-electron chi connectivity index (χ1n) is 33.9. The molecule has 0 saturated carbocycles. The van der Waals surface area contributed by atoms with Crippen LogP contribution in [0.3, 0.4) is 0 Å². The van der Waals surface area contributed by atoms with Crippen LogP contribution in [-0.2, 0) is 62.2 Å². The number of primary amides is 1. The SMILES string of the molecule is CN[C@H](CC(C)C)C(=O)N[C@H]1C(=O)N[C@@H](CC(N)=O)C(=O)N[C@H]2C(=O)N[C@H]3C(=O)N[C@H](C(=O)N[C@@H](C(=O)NCC(=O)NCC(=O)O)c4cc(O)cc(O)c4-c4cc3ccc4O)[C@H](O)c3ccc(c(Cl)c3)Oc3cc2cc(c3O[C@H]2O[C@@H](CO)[C@H](O)[C@@H](O)[C@@H]2O[C@H]2C[C@](C)(N)[C@H](C)[C@H](O)O2)Oc2ccc(cc2Cl)[C@H]1O. The number of hydrogen-bond acceptors (Lipinski definition) is 27. The van der Waals surface area contributed by atoms with Crippen LogP contribution >= 0.6 is 23.2 Å². The quantitative estimate of drug-likeness (QED) is 0.0506. The number of ether oxygens (including phenoxy) is 6. The lowest BCUT2D eigenvalue weighted by Gasteiger charge is -2.47. The minimum Gasteiger partial charge on any atom is -0.508 e. The number of fused-ring (bicyclic) bond motifs is 15. The minimum absolute atomic E-state index is 0.115. The van der Waals surface area contributed by atoms with Crippen LogP contribution in [0.4, 0.5) is 0 Å². The molecule has 18 atom stereocenters. The summed E-state index contributed by atoms with van der Waals surface area (Å²) in [6.45, 7) is 3.94. The third kappa shape index (κ3) is 18.2. The number of aliphatic hydroxyl groups is 6. The van der Waals surface area contributed by atoms with Gasteiger partial charge >= 0.3 is 5.97 Å². The van der Waals surface area contributed by atoms with Crippen LogP contribution in [0.1, 0.15) is 105 Å². The van der Waals surface area contributed by atoms with E-state index in [1.54, 1.807) is 27.7 Å². The predicted octanol–water partition coefficient (Wildman–Crippen LogP) is -1.46. The summed E-state index contributed by atoms with van der Waals surface area (Å²) in [5.74, 6) is -19.2. The van der Waals surface area contributed by atoms with Crippen molar-refractivity contribution < 1.29 is 127 Å². The lowest BCUT2D eigenvalue weighted by molar-refractivity contribution is -0.348. The molecule has 0 aromatic heterocycles. The summed E-state index contributed by atoms with van der Waals surface area (Å²) < 4.78 is 38.1. The lowest BCUT2D eigenvalue weighted by atomic mass is 9.82. The average Bonchev–Trinajstić information content (AvgIpc) is 0.769. The van der Waals surface area contributed by atoms with Gasteiger partial charge in [-0.1, -0.05) is 62.2 Å². The number of amides is 9. The number of phenols is 3. The van der Waals surface area contributed by atoms with E-state index >= 15 is 19.2 Å². The van der Waals surface area contributed by atoms with Gasteiger partial charge in [-0.25, -0.2) is 0 Å². The number of aliphatic carboxylic acids is 1. The molecule has 7 aliphatic rings. The molecule has 0 aliphatic carbocycles. The van der Waals surface area contributed by atoms with Gasteiger partial charge in [-0.2, -0.15) is 0 Å². The van der Waals surface area contributed by atoms with Crippen LogP contribution in [0, 0.1) is 11.8 Å².